The molecule has 1 aliphatic heterocycles. The molecule has 1 saturated carbocycles. The van der Waals surface area contributed by atoms with Crippen molar-refractivity contribution in [3.63, 3.8) is 0 Å². The fourth-order valence-corrected chi connectivity index (χ4v) is 5.67. The minimum absolute atomic E-state index is 0.0187. The molecule has 3 atom stereocenters. The first-order valence-electron chi connectivity index (χ1n) is 12.0. The Kier molecular flexibility index (Phi) is 4.80. The lowest BCUT2D eigenvalue weighted by molar-refractivity contribution is -0.124. The van der Waals surface area contributed by atoms with E-state index >= 15 is 0 Å². The Balaban J connectivity index is 1.32. The first-order valence-corrected chi connectivity index (χ1v) is 12.0. The number of imidazole rings is 1. The second-order valence-electron chi connectivity index (χ2n) is 10.3. The minimum Gasteiger partial charge on any atom is -0.379 e. The van der Waals surface area contributed by atoms with Gasteiger partial charge in [0.15, 0.2) is 5.82 Å². The summed E-state index contributed by atoms with van der Waals surface area (Å²) in [4.78, 5) is 25.1. The van der Waals surface area contributed by atoms with Gasteiger partial charge in [0.1, 0.15) is 11.8 Å². The number of benzene rings is 1. The van der Waals surface area contributed by atoms with E-state index < -0.39 is 0 Å². The smallest absolute Gasteiger partial charge is 0.243 e. The molecule has 2 fully saturated rings. The first kappa shape index (κ1) is 21.3. The Morgan fingerprint density at radius 2 is 2.18 bits per heavy atom. The number of aromatic nitrogens is 4. The Morgan fingerprint density at radius 3 is 2.94 bits per heavy atom. The molecule has 2 aliphatic carbocycles. The topological polar surface area (TPSA) is 114 Å². The van der Waals surface area contributed by atoms with E-state index in [0.29, 0.717) is 46.7 Å². The van der Waals surface area contributed by atoms with Gasteiger partial charge in [-0.15, -0.1) is 0 Å². The second kappa shape index (κ2) is 7.65. The number of hydrogen-bond acceptors (Lipinski definition) is 6. The molecule has 1 amide bonds. The van der Waals surface area contributed by atoms with Crippen LogP contribution in [0, 0.1) is 22.7 Å². The van der Waals surface area contributed by atoms with Crippen molar-refractivity contribution < 1.29 is 9.53 Å². The van der Waals surface area contributed by atoms with Gasteiger partial charge in [-0.25, -0.2) is 4.98 Å². The van der Waals surface area contributed by atoms with Gasteiger partial charge in [-0.1, -0.05) is 6.92 Å². The zero-order valence-electron chi connectivity index (χ0n) is 19.8. The number of fused-ring (bicyclic) bond motifs is 3. The number of rotatable bonds is 4. The van der Waals surface area contributed by atoms with Crippen LogP contribution in [0.5, 0.6) is 0 Å². The van der Waals surface area contributed by atoms with Crippen molar-refractivity contribution in [1.29, 1.82) is 5.26 Å². The van der Waals surface area contributed by atoms with Gasteiger partial charge in [0, 0.05) is 37.1 Å². The lowest BCUT2D eigenvalue weighted by Crippen LogP contribution is -2.50. The summed E-state index contributed by atoms with van der Waals surface area (Å²) >= 11 is 0. The highest BCUT2D eigenvalue weighted by Crippen LogP contribution is 2.59. The van der Waals surface area contributed by atoms with Crippen molar-refractivity contribution in [2.45, 2.75) is 39.2 Å². The Labute approximate surface area is 198 Å². The number of likely N-dealkylation sites (N-methyl/N-ethyl adjacent to an activating group) is 1. The highest BCUT2D eigenvalue weighted by atomic mass is 16.5. The van der Waals surface area contributed by atoms with Gasteiger partial charge in [-0.2, -0.15) is 10.4 Å². The summed E-state index contributed by atoms with van der Waals surface area (Å²) in [6.45, 7) is 7.02. The summed E-state index contributed by atoms with van der Waals surface area (Å²) in [5.74, 6) is 1.37. The monoisotopic (exact) mass is 459 g/mol. The van der Waals surface area contributed by atoms with E-state index in [1.807, 2.05) is 13.0 Å². The van der Waals surface area contributed by atoms with Crippen LogP contribution in [-0.2, 0) is 22.4 Å². The molecule has 1 aromatic carbocycles. The number of hydrogen-bond donors (Lipinski definition) is 2. The number of aromatic amines is 2. The summed E-state index contributed by atoms with van der Waals surface area (Å²) in [6, 6.07) is 5.63. The molecule has 176 valence electrons. The maximum absolute atomic E-state index is 13.2. The fourth-order valence-electron chi connectivity index (χ4n) is 5.67. The SMILES string of the molecule is CC(C(=O)N(C)c1cc(C#N)c2[nH]c(-c3n[nH]c4c3C[C@@H]3C[C@]3(C)C4)nc2c1)N1CCOCC1. The molecule has 2 aromatic heterocycles. The van der Waals surface area contributed by atoms with Crippen LogP contribution in [-0.4, -0.2) is 70.4 Å². The van der Waals surface area contributed by atoms with Crippen LogP contribution in [0.1, 0.15) is 37.1 Å². The maximum Gasteiger partial charge on any atom is 0.243 e. The van der Waals surface area contributed by atoms with Crippen molar-refractivity contribution in [2.24, 2.45) is 11.3 Å². The predicted molar refractivity (Wildman–Crippen MR) is 127 cm³/mol. The normalized spacial score (nSPS) is 24.8. The summed E-state index contributed by atoms with van der Waals surface area (Å²) in [5.41, 5.74) is 6.16. The lowest BCUT2D eigenvalue weighted by atomic mass is 9.88. The Bertz CT molecular complexity index is 1330. The quantitative estimate of drug-likeness (QED) is 0.620. The molecule has 6 rings (SSSR count). The summed E-state index contributed by atoms with van der Waals surface area (Å²) in [7, 11) is 1.76. The van der Waals surface area contributed by atoms with Gasteiger partial charge >= 0.3 is 0 Å². The number of amides is 1. The van der Waals surface area contributed by atoms with E-state index in [1.165, 1.54) is 17.7 Å². The number of nitrogens with zero attached hydrogens (tertiary/aromatic N) is 5. The largest absolute Gasteiger partial charge is 0.379 e. The van der Waals surface area contributed by atoms with Crippen LogP contribution in [0.4, 0.5) is 5.69 Å². The average Bonchev–Trinajstić information content (AvgIpc) is 3.15. The lowest BCUT2D eigenvalue weighted by Gasteiger charge is -2.33. The van der Waals surface area contributed by atoms with Gasteiger partial charge in [0.25, 0.3) is 0 Å². The number of H-pyrrole nitrogens is 2. The summed E-state index contributed by atoms with van der Waals surface area (Å²) < 4.78 is 5.41. The van der Waals surface area contributed by atoms with E-state index in [-0.39, 0.29) is 11.9 Å². The van der Waals surface area contributed by atoms with E-state index in [1.54, 1.807) is 18.0 Å². The van der Waals surface area contributed by atoms with E-state index in [4.69, 9.17) is 9.72 Å². The molecule has 1 unspecified atom stereocenters. The fraction of sp³-hybridized carbons (Fsp3) is 0.520. The third-order valence-corrected chi connectivity index (χ3v) is 8.11. The number of carbonyl (C=O) groups is 1. The second-order valence-corrected chi connectivity index (χ2v) is 10.3. The number of nitriles is 1. The van der Waals surface area contributed by atoms with Crippen molar-refractivity contribution in [3.05, 3.63) is 29.0 Å². The van der Waals surface area contributed by atoms with Crippen molar-refractivity contribution in [2.75, 3.05) is 38.3 Å². The van der Waals surface area contributed by atoms with Crippen LogP contribution < -0.4 is 4.90 Å². The standard InChI is InChI=1S/C25H29N7O2/c1-14(32-4-6-34-7-5-32)24(33)31(3)17-8-15(13-26)21-19(10-17)27-23(28-21)22-18-9-16-11-25(16,2)12-20(18)29-30-22/h8,10,14,16H,4-7,9,11-12H2,1-3H3,(H,27,28)(H,29,30)/t14?,16-,25-/m1/s1. The van der Waals surface area contributed by atoms with Gasteiger partial charge in [0.2, 0.25) is 5.91 Å². The Morgan fingerprint density at radius 1 is 1.38 bits per heavy atom. The Hall–Kier alpha value is -3.22. The summed E-state index contributed by atoms with van der Waals surface area (Å²) in [6.07, 6.45) is 3.31. The number of carbonyl (C=O) groups excluding carboxylic acids is 1. The van der Waals surface area contributed by atoms with Crippen LogP contribution in [0.3, 0.4) is 0 Å². The highest BCUT2D eigenvalue weighted by Gasteiger charge is 2.53. The van der Waals surface area contributed by atoms with Crippen molar-refractivity contribution in [1.82, 2.24) is 25.1 Å². The molecule has 0 radical (unpaired) electrons. The zero-order chi connectivity index (χ0) is 23.6. The molecule has 9 heteroatoms. The molecular formula is C25H29N7O2. The molecule has 0 bridgehead atoms. The van der Waals surface area contributed by atoms with Gasteiger partial charge in [0.05, 0.1) is 35.9 Å². The van der Waals surface area contributed by atoms with Crippen LogP contribution in [0.2, 0.25) is 0 Å². The third kappa shape index (κ3) is 3.32. The molecule has 9 nitrogen and oxygen atoms in total. The molecule has 1 saturated heterocycles. The van der Waals surface area contributed by atoms with E-state index in [2.05, 4.69) is 33.1 Å². The van der Waals surface area contributed by atoms with Gasteiger partial charge in [-0.05, 0) is 49.7 Å². The van der Waals surface area contributed by atoms with Crippen LogP contribution in [0.15, 0.2) is 12.1 Å². The molecule has 3 aliphatic rings. The zero-order valence-corrected chi connectivity index (χ0v) is 19.8. The molecule has 3 aromatic rings. The van der Waals surface area contributed by atoms with Gasteiger partial charge in [-0.3, -0.25) is 14.8 Å². The van der Waals surface area contributed by atoms with E-state index in [9.17, 15) is 10.1 Å². The molecule has 0 spiro atoms. The highest BCUT2D eigenvalue weighted by molar-refractivity contribution is 5.99. The molecule has 34 heavy (non-hydrogen) atoms. The van der Waals surface area contributed by atoms with Crippen molar-refractivity contribution in [3.8, 4) is 17.6 Å². The number of nitrogens with one attached hydrogen (secondary N) is 2. The van der Waals surface area contributed by atoms with Crippen LogP contribution in [0.25, 0.3) is 22.6 Å². The van der Waals surface area contributed by atoms with Gasteiger partial charge < -0.3 is 14.6 Å². The van der Waals surface area contributed by atoms with Crippen molar-refractivity contribution >= 4 is 22.6 Å². The number of anilines is 1. The maximum atomic E-state index is 13.2. The van der Waals surface area contributed by atoms with Crippen LogP contribution >= 0.6 is 0 Å². The molecular weight excluding hydrogens is 430 g/mol. The predicted octanol–water partition coefficient (Wildman–Crippen LogP) is 2.63. The number of ether oxygens (including phenoxy) is 1. The average molecular weight is 460 g/mol. The molecule has 2 N–H and O–H groups in total. The number of morpholine rings is 1. The first-order chi connectivity index (χ1) is 16.4. The summed E-state index contributed by atoms with van der Waals surface area (Å²) in [5, 5.41) is 17.7. The minimum atomic E-state index is -0.270. The molecule has 3 heterocycles. The third-order valence-electron chi connectivity index (χ3n) is 8.11. The van der Waals surface area contributed by atoms with E-state index in [0.717, 1.165) is 37.5 Å².